The molecule has 0 spiro atoms. The summed E-state index contributed by atoms with van der Waals surface area (Å²) in [6.45, 7) is 8.51. The number of nitrogens with one attached hydrogen (secondary N) is 1. The topological polar surface area (TPSA) is 118 Å². The number of aryl methyl sites for hydroxylation is 1. The van der Waals surface area contributed by atoms with Gasteiger partial charge in [-0.2, -0.15) is 9.97 Å². The van der Waals surface area contributed by atoms with Crippen LogP contribution in [-0.4, -0.2) is 50.3 Å². The van der Waals surface area contributed by atoms with Crippen molar-refractivity contribution in [3.63, 3.8) is 0 Å². The largest absolute Gasteiger partial charge is 0.479 e. The molecule has 0 aromatic carbocycles. The highest BCUT2D eigenvalue weighted by Gasteiger charge is 2.23. The third-order valence-electron chi connectivity index (χ3n) is 4.45. The van der Waals surface area contributed by atoms with E-state index in [1.54, 1.807) is 6.07 Å². The molecule has 0 aliphatic heterocycles. The summed E-state index contributed by atoms with van der Waals surface area (Å²) in [5.74, 6) is 0.187. The minimum absolute atomic E-state index is 0.0129. The van der Waals surface area contributed by atoms with Crippen LogP contribution in [0.4, 0.5) is 5.69 Å². The van der Waals surface area contributed by atoms with Gasteiger partial charge in [0.15, 0.2) is 11.4 Å². The zero-order valence-corrected chi connectivity index (χ0v) is 20.1. The molecular formula is C21H26N4O6Si. The van der Waals surface area contributed by atoms with E-state index in [1.165, 1.54) is 27.4 Å². The van der Waals surface area contributed by atoms with E-state index in [2.05, 4.69) is 39.9 Å². The van der Waals surface area contributed by atoms with E-state index in [9.17, 15) is 4.79 Å². The first kappa shape index (κ1) is 23.1. The third-order valence-corrected chi connectivity index (χ3v) is 6.27. The van der Waals surface area contributed by atoms with Gasteiger partial charge in [-0.3, -0.25) is 4.79 Å². The Kier molecular flexibility index (Phi) is 6.68. The normalized spacial score (nSPS) is 11.1. The molecule has 3 rings (SSSR count). The lowest BCUT2D eigenvalue weighted by atomic mass is 10.3. The summed E-state index contributed by atoms with van der Waals surface area (Å²) >= 11 is 0. The first-order valence-corrected chi connectivity index (χ1v) is 13.3. The van der Waals surface area contributed by atoms with Crippen molar-refractivity contribution in [1.82, 2.24) is 15.0 Å². The van der Waals surface area contributed by atoms with Crippen molar-refractivity contribution < 1.29 is 28.2 Å². The number of carbonyl (C=O) groups excluding carboxylic acids is 1. The van der Waals surface area contributed by atoms with Gasteiger partial charge in [0, 0.05) is 16.9 Å². The fourth-order valence-electron chi connectivity index (χ4n) is 2.69. The number of methoxy groups -OCH3 is 3. The number of hydrogen-bond acceptors (Lipinski definition) is 9. The minimum Gasteiger partial charge on any atom is -0.479 e. The van der Waals surface area contributed by atoms with E-state index in [0.717, 1.165) is 10.9 Å². The predicted molar refractivity (Wildman–Crippen MR) is 120 cm³/mol. The average molecular weight is 459 g/mol. The average Bonchev–Trinajstić information content (AvgIpc) is 3.23. The molecule has 3 heterocycles. The Labute approximate surface area is 186 Å². The maximum Gasteiger partial charge on any atom is 0.322 e. The van der Waals surface area contributed by atoms with Gasteiger partial charge in [-0.05, 0) is 19.1 Å². The SMILES string of the molecule is COc1nc(OC)c(NC(=O)c2ccc(Oc3nc([Si](C)(C)C)ccc3C)o2)c(OC)n1. The van der Waals surface area contributed by atoms with E-state index in [0.29, 0.717) is 5.88 Å². The number of rotatable bonds is 8. The molecule has 32 heavy (non-hydrogen) atoms. The van der Waals surface area contributed by atoms with E-state index in [-0.39, 0.29) is 35.2 Å². The summed E-state index contributed by atoms with van der Waals surface area (Å²) in [6.07, 6.45) is 0. The molecule has 11 heteroatoms. The second-order valence-corrected chi connectivity index (χ2v) is 12.9. The number of ether oxygens (including phenoxy) is 4. The molecule has 3 aromatic heterocycles. The quantitative estimate of drug-likeness (QED) is 0.507. The molecule has 3 aromatic rings. The second kappa shape index (κ2) is 9.26. The first-order valence-electron chi connectivity index (χ1n) is 9.77. The molecule has 10 nitrogen and oxygen atoms in total. The number of anilines is 1. The fourth-order valence-corrected chi connectivity index (χ4v) is 3.71. The fraction of sp³-hybridized carbons (Fsp3) is 0.333. The Bertz CT molecular complexity index is 1100. The lowest BCUT2D eigenvalue weighted by Gasteiger charge is -2.16. The smallest absolute Gasteiger partial charge is 0.322 e. The van der Waals surface area contributed by atoms with E-state index in [1.807, 2.05) is 19.1 Å². The van der Waals surface area contributed by atoms with Crippen molar-refractivity contribution in [1.29, 1.82) is 0 Å². The van der Waals surface area contributed by atoms with Crippen molar-refractivity contribution in [3.05, 3.63) is 35.6 Å². The molecule has 0 bridgehead atoms. The summed E-state index contributed by atoms with van der Waals surface area (Å²) in [5.41, 5.74) is 0.999. The van der Waals surface area contributed by atoms with Gasteiger partial charge < -0.3 is 28.7 Å². The molecule has 0 fully saturated rings. The summed E-state index contributed by atoms with van der Waals surface area (Å²) in [6, 6.07) is 7.07. The summed E-state index contributed by atoms with van der Waals surface area (Å²) in [7, 11) is 2.60. The van der Waals surface area contributed by atoms with E-state index >= 15 is 0 Å². The summed E-state index contributed by atoms with van der Waals surface area (Å²) in [5, 5.41) is 3.65. The van der Waals surface area contributed by atoms with Gasteiger partial charge in [-0.1, -0.05) is 25.7 Å². The van der Waals surface area contributed by atoms with Crippen LogP contribution in [0.2, 0.25) is 19.6 Å². The van der Waals surface area contributed by atoms with Crippen LogP contribution in [0.1, 0.15) is 16.1 Å². The Hall–Kier alpha value is -3.60. The van der Waals surface area contributed by atoms with Crippen LogP contribution < -0.4 is 29.6 Å². The van der Waals surface area contributed by atoms with E-state index in [4.69, 9.17) is 23.4 Å². The number of nitrogens with zero attached hydrogens (tertiary/aromatic N) is 3. The third kappa shape index (κ3) is 4.99. The standard InChI is InChI=1S/C21H26N4O6Si/c1-12-8-10-14(32(5,6)7)22-18(12)31-15-11-9-13(30-15)17(26)23-16-19(27-2)24-21(29-4)25-20(16)28-3/h8-11H,1-7H3,(H,23,26). The molecule has 0 saturated carbocycles. The molecular weight excluding hydrogens is 432 g/mol. The van der Waals surface area contributed by atoms with Crippen LogP contribution in [0.3, 0.4) is 0 Å². The van der Waals surface area contributed by atoms with Crippen LogP contribution in [0.15, 0.2) is 28.7 Å². The molecule has 0 radical (unpaired) electrons. The van der Waals surface area contributed by atoms with Crippen molar-refractivity contribution in [2.45, 2.75) is 26.6 Å². The summed E-state index contributed by atoms with van der Waals surface area (Å²) < 4.78 is 26.8. The zero-order chi connectivity index (χ0) is 23.5. The maximum atomic E-state index is 12.8. The predicted octanol–water partition coefficient (Wildman–Crippen LogP) is 3.39. The Morgan fingerprint density at radius 1 is 0.906 bits per heavy atom. The van der Waals surface area contributed by atoms with Crippen molar-refractivity contribution in [3.8, 4) is 29.6 Å². The number of carbonyl (C=O) groups is 1. The van der Waals surface area contributed by atoms with Crippen LogP contribution in [-0.2, 0) is 0 Å². The first-order chi connectivity index (χ1) is 15.2. The number of aromatic nitrogens is 3. The van der Waals surface area contributed by atoms with Crippen LogP contribution in [0, 0.1) is 6.92 Å². The molecule has 0 aliphatic rings. The van der Waals surface area contributed by atoms with Crippen LogP contribution >= 0.6 is 0 Å². The highest BCUT2D eigenvalue weighted by molar-refractivity contribution is 6.88. The Morgan fingerprint density at radius 2 is 1.56 bits per heavy atom. The second-order valence-electron chi connectivity index (χ2n) is 7.85. The molecule has 0 saturated heterocycles. The van der Waals surface area contributed by atoms with Crippen molar-refractivity contribution in [2.75, 3.05) is 26.6 Å². The van der Waals surface area contributed by atoms with Crippen LogP contribution in [0.5, 0.6) is 29.6 Å². The van der Waals surface area contributed by atoms with Crippen LogP contribution in [0.25, 0.3) is 0 Å². The van der Waals surface area contributed by atoms with E-state index < -0.39 is 14.0 Å². The molecule has 0 atom stereocenters. The number of pyridine rings is 1. The van der Waals surface area contributed by atoms with Gasteiger partial charge in [0.2, 0.25) is 17.6 Å². The molecule has 0 aliphatic carbocycles. The lowest BCUT2D eigenvalue weighted by Crippen LogP contribution is -2.40. The minimum atomic E-state index is -1.62. The van der Waals surface area contributed by atoms with Gasteiger partial charge in [-0.25, -0.2) is 4.98 Å². The number of furan rings is 1. The highest BCUT2D eigenvalue weighted by Crippen LogP contribution is 2.34. The van der Waals surface area contributed by atoms with Gasteiger partial charge in [0.05, 0.1) is 21.3 Å². The maximum absolute atomic E-state index is 12.8. The number of hydrogen-bond donors (Lipinski definition) is 1. The molecule has 0 unspecified atom stereocenters. The van der Waals surface area contributed by atoms with Gasteiger partial charge >= 0.3 is 6.01 Å². The van der Waals surface area contributed by atoms with Crippen molar-refractivity contribution in [2.24, 2.45) is 0 Å². The lowest BCUT2D eigenvalue weighted by molar-refractivity contribution is 0.0990. The Balaban J connectivity index is 1.82. The van der Waals surface area contributed by atoms with Gasteiger partial charge in [0.1, 0.15) is 8.07 Å². The monoisotopic (exact) mass is 458 g/mol. The highest BCUT2D eigenvalue weighted by atomic mass is 28.3. The molecule has 1 N–H and O–H groups in total. The summed E-state index contributed by atoms with van der Waals surface area (Å²) in [4.78, 5) is 25.5. The number of amides is 1. The Morgan fingerprint density at radius 3 is 2.12 bits per heavy atom. The molecule has 170 valence electrons. The van der Waals surface area contributed by atoms with Gasteiger partial charge in [-0.15, -0.1) is 0 Å². The van der Waals surface area contributed by atoms with Gasteiger partial charge in [0.25, 0.3) is 11.9 Å². The zero-order valence-electron chi connectivity index (χ0n) is 19.1. The van der Waals surface area contributed by atoms with Crippen molar-refractivity contribution >= 4 is 25.0 Å². The molecule has 1 amide bonds.